The molecule has 20 heavy (non-hydrogen) atoms. The second-order valence-corrected chi connectivity index (χ2v) is 9.82. The van der Waals surface area contributed by atoms with Crippen molar-refractivity contribution in [3.8, 4) is 11.2 Å². The number of anilines is 1. The highest BCUT2D eigenvalue weighted by atomic mass is 32.3. The maximum Gasteiger partial charge on any atom is 0.316 e. The molecule has 3 nitrogen and oxygen atoms in total. The molecular formula is C16H21NO2S. The number of methoxy groups -OCH3 is 1. The third-order valence-electron chi connectivity index (χ3n) is 3.42. The van der Waals surface area contributed by atoms with E-state index in [0.29, 0.717) is 5.69 Å². The van der Waals surface area contributed by atoms with Gasteiger partial charge in [-0.25, -0.2) is 0 Å². The molecule has 1 aliphatic carbocycles. The third-order valence-corrected chi connectivity index (χ3v) is 4.14. The van der Waals surface area contributed by atoms with Gasteiger partial charge in [-0.3, -0.25) is 4.79 Å². The number of esters is 1. The van der Waals surface area contributed by atoms with Crippen LogP contribution < -0.4 is 5.73 Å². The molecule has 108 valence electrons. The lowest BCUT2D eigenvalue weighted by atomic mass is 9.94. The average molecular weight is 291 g/mol. The summed E-state index contributed by atoms with van der Waals surface area (Å²) in [6.45, 7) is 0. The average Bonchev–Trinajstić information content (AvgIpc) is 3.17. The number of ether oxygens (including phenoxy) is 1. The molecule has 0 saturated heterocycles. The van der Waals surface area contributed by atoms with E-state index in [1.807, 2.05) is 18.2 Å². The van der Waals surface area contributed by atoms with Gasteiger partial charge in [0.15, 0.2) is 0 Å². The number of hydrogen-bond acceptors (Lipinski definition) is 3. The summed E-state index contributed by atoms with van der Waals surface area (Å²) in [5.41, 5.74) is 7.95. The molecule has 4 heteroatoms. The monoisotopic (exact) mass is 291 g/mol. The zero-order valence-corrected chi connectivity index (χ0v) is 13.3. The van der Waals surface area contributed by atoms with Crippen LogP contribution in [-0.4, -0.2) is 31.8 Å². The molecule has 1 aliphatic rings. The first-order valence-electron chi connectivity index (χ1n) is 6.48. The Bertz CT molecular complexity index is 601. The maximum absolute atomic E-state index is 11.9. The number of nitrogen functional groups attached to an aromatic ring is 1. The Hall–Kier alpha value is -1.60. The van der Waals surface area contributed by atoms with Crippen LogP contribution in [0, 0.1) is 11.2 Å². The van der Waals surface area contributed by atoms with E-state index >= 15 is 0 Å². The summed E-state index contributed by atoms with van der Waals surface area (Å²) in [7, 11) is 0.533. The zero-order valence-electron chi connectivity index (χ0n) is 12.4. The first-order valence-corrected chi connectivity index (χ1v) is 9.34. The molecule has 0 unspecified atom stereocenters. The Labute approximate surface area is 122 Å². The van der Waals surface area contributed by atoms with Gasteiger partial charge >= 0.3 is 5.97 Å². The molecule has 0 aromatic heterocycles. The molecule has 0 atom stereocenters. The van der Waals surface area contributed by atoms with Gasteiger partial charge in [-0.05, 0) is 54.6 Å². The molecule has 0 bridgehead atoms. The zero-order chi connectivity index (χ0) is 15.0. The minimum Gasteiger partial charge on any atom is -0.468 e. The predicted molar refractivity (Wildman–Crippen MR) is 86.0 cm³/mol. The van der Waals surface area contributed by atoms with E-state index in [9.17, 15) is 4.79 Å². The smallest absolute Gasteiger partial charge is 0.316 e. The Morgan fingerprint density at radius 3 is 2.50 bits per heavy atom. The highest BCUT2D eigenvalue weighted by Gasteiger charge is 2.52. The van der Waals surface area contributed by atoms with E-state index in [-0.39, 0.29) is 5.97 Å². The van der Waals surface area contributed by atoms with Crippen molar-refractivity contribution in [2.75, 3.05) is 31.6 Å². The van der Waals surface area contributed by atoms with Crippen molar-refractivity contribution in [3.63, 3.8) is 0 Å². The molecule has 0 radical (unpaired) electrons. The second kappa shape index (κ2) is 5.06. The van der Waals surface area contributed by atoms with Crippen LogP contribution in [0.2, 0.25) is 0 Å². The number of carbonyl (C=O) groups is 1. The van der Waals surface area contributed by atoms with Crippen LogP contribution in [0.5, 0.6) is 0 Å². The minimum atomic E-state index is -0.901. The number of rotatable bonds is 2. The highest BCUT2D eigenvalue weighted by molar-refractivity contribution is 8.35. The number of carbonyl (C=O) groups excluding carboxylic acids is 1. The van der Waals surface area contributed by atoms with E-state index in [1.165, 1.54) is 7.11 Å². The molecule has 1 aromatic rings. The first-order chi connectivity index (χ1) is 9.28. The topological polar surface area (TPSA) is 52.3 Å². The third kappa shape index (κ3) is 2.94. The number of nitrogens with two attached hydrogens (primary N) is 1. The standard InChI is InChI=1S/C16H21NO2S/c1-19-15(18)16(8-9-16)13-5-6-14(17)12(11-13)7-10-20(2,3)4/h5-6,11H,8-9,17H2,1-4H3. The lowest BCUT2D eigenvalue weighted by Crippen LogP contribution is -2.22. The molecular weight excluding hydrogens is 270 g/mol. The Balaban J connectivity index is 2.39. The summed E-state index contributed by atoms with van der Waals surface area (Å²) in [5.74, 6) is 3.00. The molecule has 2 N–H and O–H groups in total. The van der Waals surface area contributed by atoms with Crippen molar-refractivity contribution in [1.29, 1.82) is 0 Å². The summed E-state index contributed by atoms with van der Waals surface area (Å²) < 4.78 is 4.91. The van der Waals surface area contributed by atoms with Gasteiger partial charge in [0, 0.05) is 11.3 Å². The van der Waals surface area contributed by atoms with Gasteiger partial charge in [0.25, 0.3) is 0 Å². The lowest BCUT2D eigenvalue weighted by molar-refractivity contribution is -0.143. The summed E-state index contributed by atoms with van der Waals surface area (Å²) in [6.07, 6.45) is 8.08. The van der Waals surface area contributed by atoms with Crippen molar-refractivity contribution in [1.82, 2.24) is 0 Å². The van der Waals surface area contributed by atoms with Crippen LogP contribution in [0.4, 0.5) is 5.69 Å². The Morgan fingerprint density at radius 1 is 1.35 bits per heavy atom. The highest BCUT2D eigenvalue weighted by Crippen LogP contribution is 2.49. The first kappa shape index (κ1) is 14.8. The molecule has 1 aromatic carbocycles. The van der Waals surface area contributed by atoms with E-state index in [1.54, 1.807) is 0 Å². The summed E-state index contributed by atoms with van der Waals surface area (Å²) in [6, 6.07) is 5.69. The van der Waals surface area contributed by atoms with Gasteiger partial charge in [0.1, 0.15) is 0 Å². The molecule has 1 saturated carbocycles. The van der Waals surface area contributed by atoms with Gasteiger partial charge < -0.3 is 10.5 Å². The minimum absolute atomic E-state index is 0.164. The molecule has 0 aliphatic heterocycles. The Morgan fingerprint density at radius 2 is 2.00 bits per heavy atom. The normalized spacial score (nSPS) is 16.8. The van der Waals surface area contributed by atoms with Gasteiger partial charge in [-0.15, -0.1) is 0 Å². The van der Waals surface area contributed by atoms with Crippen molar-refractivity contribution in [2.45, 2.75) is 18.3 Å². The summed E-state index contributed by atoms with van der Waals surface area (Å²) in [4.78, 5) is 11.9. The molecule has 1 fully saturated rings. The number of hydrogen-bond donors (Lipinski definition) is 1. The molecule has 2 rings (SSSR count). The largest absolute Gasteiger partial charge is 0.468 e. The van der Waals surface area contributed by atoms with Gasteiger partial charge in [-0.2, -0.15) is 10.0 Å². The van der Waals surface area contributed by atoms with Crippen LogP contribution >= 0.6 is 10.0 Å². The van der Waals surface area contributed by atoms with Crippen LogP contribution in [0.15, 0.2) is 18.2 Å². The van der Waals surface area contributed by atoms with Crippen molar-refractivity contribution >= 4 is 21.7 Å². The van der Waals surface area contributed by atoms with Crippen molar-refractivity contribution < 1.29 is 9.53 Å². The Kier molecular flexibility index (Phi) is 3.75. The fourth-order valence-corrected chi connectivity index (χ4v) is 2.52. The predicted octanol–water partition coefficient (Wildman–Crippen LogP) is 2.48. The van der Waals surface area contributed by atoms with Gasteiger partial charge in [0.2, 0.25) is 0 Å². The van der Waals surface area contributed by atoms with E-state index < -0.39 is 15.4 Å². The summed E-state index contributed by atoms with van der Waals surface area (Å²) >= 11 is 0. The van der Waals surface area contributed by atoms with E-state index in [4.69, 9.17) is 10.5 Å². The van der Waals surface area contributed by atoms with E-state index in [0.717, 1.165) is 24.0 Å². The van der Waals surface area contributed by atoms with Crippen molar-refractivity contribution in [2.24, 2.45) is 0 Å². The summed E-state index contributed by atoms with van der Waals surface area (Å²) in [5, 5.41) is 3.26. The van der Waals surface area contributed by atoms with Gasteiger partial charge in [-0.1, -0.05) is 12.0 Å². The van der Waals surface area contributed by atoms with Crippen LogP contribution in [0.3, 0.4) is 0 Å². The van der Waals surface area contributed by atoms with Crippen LogP contribution in [-0.2, 0) is 14.9 Å². The SMILES string of the molecule is COC(=O)C1(c2ccc(N)c(C#CS(C)(C)C)c2)CC1. The molecule has 0 amide bonds. The van der Waals surface area contributed by atoms with E-state index in [2.05, 4.69) is 29.9 Å². The quantitative estimate of drug-likeness (QED) is 0.517. The lowest BCUT2D eigenvalue weighted by Gasteiger charge is -2.16. The second-order valence-electron chi connectivity index (χ2n) is 5.94. The number of benzene rings is 1. The van der Waals surface area contributed by atoms with Crippen LogP contribution in [0.25, 0.3) is 0 Å². The molecule has 0 heterocycles. The molecule has 0 spiro atoms. The fourth-order valence-electron chi connectivity index (χ4n) is 2.10. The fraction of sp³-hybridized carbons (Fsp3) is 0.438. The maximum atomic E-state index is 11.9. The van der Waals surface area contributed by atoms with Gasteiger partial charge in [0.05, 0.1) is 12.5 Å². The van der Waals surface area contributed by atoms with Crippen molar-refractivity contribution in [3.05, 3.63) is 29.3 Å². The van der Waals surface area contributed by atoms with Crippen LogP contribution in [0.1, 0.15) is 24.0 Å².